The standard InChI is InChI=1S/C25H28Br2O6/c1-28-19-10-8-18(9-11-19)15-30-21-12-20(13-22(26)27)32-24-25(21,14-23(29-2)33-24)31-16-17-6-4-3-5-7-17/h3-11,13,20-21,23-24H,12,14-16H2,1-2H3/t20-,21-,23+,24+,25-/m0/s1. The highest BCUT2D eigenvalue weighted by atomic mass is 79.9. The maximum atomic E-state index is 6.58. The van der Waals surface area contributed by atoms with Gasteiger partial charge in [0.25, 0.3) is 0 Å². The molecular formula is C25H28Br2O6. The van der Waals surface area contributed by atoms with Gasteiger partial charge in [0.2, 0.25) is 0 Å². The average molecular weight is 584 g/mol. The summed E-state index contributed by atoms with van der Waals surface area (Å²) in [6, 6.07) is 17.9. The molecule has 2 aliphatic rings. The first-order valence-electron chi connectivity index (χ1n) is 10.8. The molecule has 2 heterocycles. The lowest BCUT2D eigenvalue weighted by Gasteiger charge is -2.45. The number of halogens is 2. The molecule has 5 atom stereocenters. The topological polar surface area (TPSA) is 55.4 Å². The van der Waals surface area contributed by atoms with Crippen molar-refractivity contribution in [3.8, 4) is 5.75 Å². The van der Waals surface area contributed by atoms with E-state index in [4.69, 9.17) is 28.4 Å². The molecule has 0 radical (unpaired) electrons. The van der Waals surface area contributed by atoms with Crippen molar-refractivity contribution >= 4 is 31.9 Å². The van der Waals surface area contributed by atoms with Crippen LogP contribution in [0, 0.1) is 0 Å². The van der Waals surface area contributed by atoms with E-state index in [1.165, 1.54) is 0 Å². The zero-order valence-electron chi connectivity index (χ0n) is 18.6. The summed E-state index contributed by atoms with van der Waals surface area (Å²) in [6.07, 6.45) is 1.53. The van der Waals surface area contributed by atoms with Crippen molar-refractivity contribution in [1.29, 1.82) is 0 Å². The van der Waals surface area contributed by atoms with Gasteiger partial charge in [-0.2, -0.15) is 0 Å². The molecule has 0 amide bonds. The van der Waals surface area contributed by atoms with Crippen LogP contribution >= 0.6 is 31.9 Å². The Bertz CT molecular complexity index is 918. The van der Waals surface area contributed by atoms with E-state index in [9.17, 15) is 0 Å². The molecule has 0 unspecified atom stereocenters. The molecule has 0 bridgehead atoms. The normalized spacial score (nSPS) is 28.8. The first kappa shape index (κ1) is 24.9. The van der Waals surface area contributed by atoms with E-state index in [-0.39, 0.29) is 12.2 Å². The average Bonchev–Trinajstić information content (AvgIpc) is 3.21. The Kier molecular flexibility index (Phi) is 8.62. The first-order valence-corrected chi connectivity index (χ1v) is 12.4. The SMILES string of the molecule is COc1ccc(CO[C@H]2C[C@@H](C=C(Br)Br)O[C@@H]3O[C@@H](OC)C[C@@]32OCc2ccccc2)cc1. The highest BCUT2D eigenvalue weighted by molar-refractivity contribution is 9.28. The van der Waals surface area contributed by atoms with Gasteiger partial charge in [0, 0.05) is 20.0 Å². The lowest BCUT2D eigenvalue weighted by atomic mass is 9.86. The van der Waals surface area contributed by atoms with Gasteiger partial charge >= 0.3 is 0 Å². The van der Waals surface area contributed by atoms with Crippen LogP contribution in [0.3, 0.4) is 0 Å². The molecule has 2 aliphatic heterocycles. The highest BCUT2D eigenvalue weighted by Gasteiger charge is 2.60. The molecular weight excluding hydrogens is 556 g/mol. The molecule has 2 aromatic carbocycles. The zero-order valence-corrected chi connectivity index (χ0v) is 21.8. The Morgan fingerprint density at radius 3 is 2.39 bits per heavy atom. The molecule has 2 fully saturated rings. The van der Waals surface area contributed by atoms with Crippen molar-refractivity contribution < 1.29 is 28.4 Å². The van der Waals surface area contributed by atoms with Crippen LogP contribution in [0.25, 0.3) is 0 Å². The largest absolute Gasteiger partial charge is 0.497 e. The Hall–Kier alpha value is -1.26. The van der Waals surface area contributed by atoms with Crippen LogP contribution in [0.5, 0.6) is 5.75 Å². The molecule has 0 aromatic heterocycles. The molecule has 0 saturated carbocycles. The van der Waals surface area contributed by atoms with E-state index < -0.39 is 18.2 Å². The summed E-state index contributed by atoms with van der Waals surface area (Å²) in [5.74, 6) is 0.812. The Morgan fingerprint density at radius 1 is 1.00 bits per heavy atom. The van der Waals surface area contributed by atoms with Gasteiger partial charge in [-0.25, -0.2) is 0 Å². The van der Waals surface area contributed by atoms with Gasteiger partial charge in [-0.15, -0.1) is 0 Å². The van der Waals surface area contributed by atoms with Crippen LogP contribution in [-0.2, 0) is 36.9 Å². The fourth-order valence-electron chi connectivity index (χ4n) is 4.24. The van der Waals surface area contributed by atoms with Crippen LogP contribution in [0.4, 0.5) is 0 Å². The number of hydrogen-bond acceptors (Lipinski definition) is 6. The second kappa shape index (κ2) is 11.4. The second-order valence-corrected chi connectivity index (χ2v) is 10.9. The number of methoxy groups -OCH3 is 2. The van der Waals surface area contributed by atoms with E-state index in [0.29, 0.717) is 26.1 Å². The fourth-order valence-corrected chi connectivity index (χ4v) is 4.83. The third kappa shape index (κ3) is 6.06. The minimum absolute atomic E-state index is 0.214. The maximum Gasteiger partial charge on any atom is 0.193 e. The minimum atomic E-state index is -0.799. The summed E-state index contributed by atoms with van der Waals surface area (Å²) in [6.45, 7) is 0.854. The van der Waals surface area contributed by atoms with Crippen molar-refractivity contribution in [2.45, 2.75) is 56.4 Å². The predicted octanol–water partition coefficient (Wildman–Crippen LogP) is 5.68. The summed E-state index contributed by atoms with van der Waals surface area (Å²) >= 11 is 6.88. The van der Waals surface area contributed by atoms with Crippen molar-refractivity contribution in [2.24, 2.45) is 0 Å². The van der Waals surface area contributed by atoms with Crippen molar-refractivity contribution in [1.82, 2.24) is 0 Å². The highest BCUT2D eigenvalue weighted by Crippen LogP contribution is 2.46. The molecule has 2 aromatic rings. The Balaban J connectivity index is 1.58. The number of hydrogen-bond donors (Lipinski definition) is 0. The summed E-state index contributed by atoms with van der Waals surface area (Å²) in [5, 5.41) is 0. The van der Waals surface area contributed by atoms with Crippen LogP contribution in [0.15, 0.2) is 64.1 Å². The Morgan fingerprint density at radius 2 is 1.73 bits per heavy atom. The second-order valence-electron chi connectivity index (χ2n) is 8.08. The van der Waals surface area contributed by atoms with Crippen molar-refractivity contribution in [2.75, 3.05) is 14.2 Å². The number of ether oxygens (including phenoxy) is 6. The molecule has 6 nitrogen and oxygen atoms in total. The van der Waals surface area contributed by atoms with Crippen LogP contribution < -0.4 is 4.74 Å². The molecule has 2 saturated heterocycles. The smallest absolute Gasteiger partial charge is 0.193 e. The molecule has 4 rings (SSSR count). The predicted molar refractivity (Wildman–Crippen MR) is 131 cm³/mol. The van der Waals surface area contributed by atoms with Gasteiger partial charge in [0.15, 0.2) is 18.2 Å². The summed E-state index contributed by atoms with van der Waals surface area (Å²) in [5.41, 5.74) is 1.32. The zero-order chi connectivity index (χ0) is 23.3. The van der Waals surface area contributed by atoms with Gasteiger partial charge in [0.05, 0.1) is 35.9 Å². The lowest BCUT2D eigenvalue weighted by molar-refractivity contribution is -0.305. The monoisotopic (exact) mass is 582 g/mol. The van der Waals surface area contributed by atoms with E-state index in [1.807, 2.05) is 60.7 Å². The summed E-state index contributed by atoms with van der Waals surface area (Å²) in [4.78, 5) is 0. The lowest BCUT2D eigenvalue weighted by Crippen LogP contribution is -2.58. The van der Waals surface area contributed by atoms with Crippen LogP contribution in [0.2, 0.25) is 0 Å². The van der Waals surface area contributed by atoms with E-state index in [2.05, 4.69) is 31.9 Å². The molecule has 0 spiro atoms. The van der Waals surface area contributed by atoms with E-state index >= 15 is 0 Å². The molecule has 8 heteroatoms. The first-order chi connectivity index (χ1) is 16.0. The molecule has 0 N–H and O–H groups in total. The van der Waals surface area contributed by atoms with Crippen molar-refractivity contribution in [3.05, 3.63) is 75.2 Å². The number of fused-ring (bicyclic) bond motifs is 1. The maximum absolute atomic E-state index is 6.58. The van der Waals surface area contributed by atoms with Crippen LogP contribution in [-0.4, -0.2) is 44.6 Å². The van der Waals surface area contributed by atoms with Gasteiger partial charge < -0.3 is 28.4 Å². The quantitative estimate of drug-likeness (QED) is 0.379. The van der Waals surface area contributed by atoms with Gasteiger partial charge in [-0.05, 0) is 61.2 Å². The Labute approximate surface area is 211 Å². The third-order valence-electron chi connectivity index (χ3n) is 5.99. The fraction of sp³-hybridized carbons (Fsp3) is 0.440. The summed E-state index contributed by atoms with van der Waals surface area (Å²) < 4.78 is 37.1. The van der Waals surface area contributed by atoms with Crippen molar-refractivity contribution in [3.63, 3.8) is 0 Å². The van der Waals surface area contributed by atoms with E-state index in [1.54, 1.807) is 14.2 Å². The summed E-state index contributed by atoms with van der Waals surface area (Å²) in [7, 11) is 3.29. The number of rotatable bonds is 9. The molecule has 178 valence electrons. The van der Waals surface area contributed by atoms with E-state index in [0.717, 1.165) is 20.3 Å². The molecule has 33 heavy (non-hydrogen) atoms. The van der Waals surface area contributed by atoms with Gasteiger partial charge in [0.1, 0.15) is 5.75 Å². The number of benzene rings is 2. The third-order valence-corrected chi connectivity index (χ3v) is 6.51. The minimum Gasteiger partial charge on any atom is -0.497 e. The van der Waals surface area contributed by atoms with Gasteiger partial charge in [-0.1, -0.05) is 42.5 Å². The van der Waals surface area contributed by atoms with Gasteiger partial charge in [-0.3, -0.25) is 0 Å². The molecule has 0 aliphatic carbocycles. The van der Waals surface area contributed by atoms with Crippen LogP contribution in [0.1, 0.15) is 24.0 Å².